The van der Waals surface area contributed by atoms with Gasteiger partial charge < -0.3 is 19.7 Å². The summed E-state index contributed by atoms with van der Waals surface area (Å²) in [5.41, 5.74) is 0.804. The summed E-state index contributed by atoms with van der Waals surface area (Å²) in [5.74, 6) is 0. The number of aryl methyl sites for hydroxylation is 1. The molecule has 41 heavy (non-hydrogen) atoms. The zero-order valence-electron chi connectivity index (χ0n) is 24.7. The SMILES string of the molecule is CC(C)(C)OC(=O)NCc1ccc(CCCN(CCNS(=O)(=O)c2ccc3sccc3c2)C(=O)OC(C)(C)C)cc1. The molecule has 0 bridgehead atoms. The first-order chi connectivity index (χ1) is 19.1. The number of carbonyl (C=O) groups excluding carboxylic acids is 2. The van der Waals surface area contributed by atoms with Crippen LogP contribution in [0.5, 0.6) is 0 Å². The number of hydrogen-bond donors (Lipinski definition) is 2. The van der Waals surface area contributed by atoms with Crippen LogP contribution in [0.25, 0.3) is 10.1 Å². The molecule has 0 atom stereocenters. The van der Waals surface area contributed by atoms with Crippen molar-refractivity contribution in [3.8, 4) is 0 Å². The molecule has 2 aromatic carbocycles. The van der Waals surface area contributed by atoms with Crippen LogP contribution in [-0.4, -0.2) is 56.3 Å². The topological polar surface area (TPSA) is 114 Å². The molecule has 224 valence electrons. The Bertz CT molecular complexity index is 1420. The molecule has 2 amide bonds. The molecule has 2 N–H and O–H groups in total. The van der Waals surface area contributed by atoms with Crippen molar-refractivity contribution in [2.24, 2.45) is 0 Å². The summed E-state index contributed by atoms with van der Waals surface area (Å²) in [6.45, 7) is 11.8. The average Bonchev–Trinajstić information content (AvgIpc) is 3.33. The van der Waals surface area contributed by atoms with Gasteiger partial charge in [-0.25, -0.2) is 22.7 Å². The standard InChI is InChI=1S/C30H41N3O6S2/c1-29(2,3)38-27(34)31-21-23-11-9-22(10-12-23)8-7-17-33(28(35)39-30(4,5)6)18-16-32-41(36,37)25-13-14-26-24(20-25)15-19-40-26/h9-15,19-20,32H,7-8,16-18,21H2,1-6H3,(H,31,34). The number of thiophene rings is 1. The van der Waals surface area contributed by atoms with Crippen molar-refractivity contribution in [3.05, 3.63) is 65.0 Å². The Hall–Kier alpha value is -3.15. The first kappa shape index (κ1) is 32.4. The number of hydrogen-bond acceptors (Lipinski definition) is 7. The van der Waals surface area contributed by atoms with Gasteiger partial charge in [0.15, 0.2) is 0 Å². The molecule has 3 aromatic rings. The minimum absolute atomic E-state index is 0.0581. The van der Waals surface area contributed by atoms with E-state index in [0.717, 1.165) is 21.2 Å². The van der Waals surface area contributed by atoms with Crippen molar-refractivity contribution in [3.63, 3.8) is 0 Å². The van der Waals surface area contributed by atoms with Crippen LogP contribution in [0.4, 0.5) is 9.59 Å². The molecule has 0 fully saturated rings. The summed E-state index contributed by atoms with van der Waals surface area (Å²) in [6.07, 6.45) is 0.427. The van der Waals surface area contributed by atoms with Crippen LogP contribution in [0.1, 0.15) is 59.1 Å². The number of alkyl carbamates (subject to hydrolysis) is 1. The zero-order valence-corrected chi connectivity index (χ0v) is 26.3. The number of nitrogens with one attached hydrogen (secondary N) is 2. The second kappa shape index (κ2) is 13.7. The van der Waals surface area contributed by atoms with Gasteiger partial charge in [0.1, 0.15) is 11.2 Å². The van der Waals surface area contributed by atoms with Crippen LogP contribution in [0.2, 0.25) is 0 Å². The molecule has 0 unspecified atom stereocenters. The number of amides is 2. The Kier molecular flexibility index (Phi) is 10.8. The van der Waals surface area contributed by atoms with Gasteiger partial charge in [0.2, 0.25) is 10.0 Å². The fraction of sp³-hybridized carbons (Fsp3) is 0.467. The summed E-state index contributed by atoms with van der Waals surface area (Å²) in [4.78, 5) is 26.5. The monoisotopic (exact) mass is 603 g/mol. The first-order valence-electron chi connectivity index (χ1n) is 13.6. The first-order valence-corrected chi connectivity index (χ1v) is 16.0. The van der Waals surface area contributed by atoms with E-state index >= 15 is 0 Å². The Morgan fingerprint density at radius 1 is 0.878 bits per heavy atom. The third-order valence-electron chi connectivity index (χ3n) is 5.81. The number of nitrogens with zero attached hydrogens (tertiary/aromatic N) is 1. The van der Waals surface area contributed by atoms with E-state index in [4.69, 9.17) is 9.47 Å². The van der Waals surface area contributed by atoms with E-state index in [2.05, 4.69) is 10.0 Å². The van der Waals surface area contributed by atoms with Crippen LogP contribution in [0.15, 0.2) is 58.8 Å². The van der Waals surface area contributed by atoms with Gasteiger partial charge in [-0.2, -0.15) is 0 Å². The second-order valence-electron chi connectivity index (χ2n) is 11.8. The van der Waals surface area contributed by atoms with Crippen LogP contribution >= 0.6 is 11.3 Å². The van der Waals surface area contributed by atoms with E-state index in [1.54, 1.807) is 50.3 Å². The number of fused-ring (bicyclic) bond motifs is 1. The van der Waals surface area contributed by atoms with Crippen molar-refractivity contribution in [2.75, 3.05) is 19.6 Å². The predicted molar refractivity (Wildman–Crippen MR) is 163 cm³/mol. The molecule has 1 aromatic heterocycles. The number of carbonyl (C=O) groups is 2. The van der Waals surface area contributed by atoms with Crippen molar-refractivity contribution in [1.82, 2.24) is 14.9 Å². The molecule has 0 spiro atoms. The van der Waals surface area contributed by atoms with Crippen LogP contribution in [0.3, 0.4) is 0 Å². The van der Waals surface area contributed by atoms with Gasteiger partial charge in [-0.1, -0.05) is 24.3 Å². The zero-order chi connectivity index (χ0) is 30.3. The fourth-order valence-corrected chi connectivity index (χ4v) is 5.74. The van der Waals surface area contributed by atoms with Gasteiger partial charge in [0, 0.05) is 30.9 Å². The summed E-state index contributed by atoms with van der Waals surface area (Å²) >= 11 is 1.55. The van der Waals surface area contributed by atoms with Gasteiger partial charge in [-0.15, -0.1) is 11.3 Å². The summed E-state index contributed by atoms with van der Waals surface area (Å²) in [6, 6.07) is 14.8. The second-order valence-corrected chi connectivity index (χ2v) is 14.5. The van der Waals surface area contributed by atoms with Gasteiger partial charge >= 0.3 is 12.2 Å². The van der Waals surface area contributed by atoms with E-state index in [0.29, 0.717) is 25.9 Å². The van der Waals surface area contributed by atoms with Crippen molar-refractivity contribution < 1.29 is 27.5 Å². The minimum Gasteiger partial charge on any atom is -0.444 e. The van der Waals surface area contributed by atoms with E-state index in [1.807, 2.05) is 56.5 Å². The summed E-state index contributed by atoms with van der Waals surface area (Å²) < 4.78 is 40.2. The van der Waals surface area contributed by atoms with Gasteiger partial charge in [-0.05, 0) is 101 Å². The molecule has 0 aliphatic rings. The largest absolute Gasteiger partial charge is 0.444 e. The maximum absolute atomic E-state index is 12.9. The third-order valence-corrected chi connectivity index (χ3v) is 8.17. The molecule has 11 heteroatoms. The highest BCUT2D eigenvalue weighted by Gasteiger charge is 2.23. The number of ether oxygens (including phenoxy) is 2. The van der Waals surface area contributed by atoms with Crippen molar-refractivity contribution >= 4 is 43.6 Å². The average molecular weight is 604 g/mol. The quantitative estimate of drug-likeness (QED) is 0.275. The maximum atomic E-state index is 12.9. The van der Waals surface area contributed by atoms with Gasteiger partial charge in [-0.3, -0.25) is 0 Å². The maximum Gasteiger partial charge on any atom is 0.410 e. The molecule has 0 radical (unpaired) electrons. The molecule has 1 heterocycles. The van der Waals surface area contributed by atoms with E-state index in [1.165, 1.54) is 4.90 Å². The smallest absolute Gasteiger partial charge is 0.410 e. The molecule has 0 saturated heterocycles. The normalized spacial score (nSPS) is 12.2. The summed E-state index contributed by atoms with van der Waals surface area (Å²) in [7, 11) is -3.73. The highest BCUT2D eigenvalue weighted by molar-refractivity contribution is 7.89. The molecule has 0 aliphatic heterocycles. The van der Waals surface area contributed by atoms with Crippen LogP contribution in [-0.2, 0) is 32.5 Å². The lowest BCUT2D eigenvalue weighted by molar-refractivity contribution is 0.0251. The Labute approximate surface area is 247 Å². The molecule has 9 nitrogen and oxygen atoms in total. The molecular weight excluding hydrogens is 562 g/mol. The van der Waals surface area contributed by atoms with E-state index in [9.17, 15) is 18.0 Å². The van der Waals surface area contributed by atoms with Crippen molar-refractivity contribution in [2.45, 2.75) is 77.0 Å². The molecule has 0 saturated carbocycles. The van der Waals surface area contributed by atoms with Crippen LogP contribution in [0, 0.1) is 0 Å². The van der Waals surface area contributed by atoms with E-state index in [-0.39, 0.29) is 18.0 Å². The summed E-state index contributed by atoms with van der Waals surface area (Å²) in [5, 5.41) is 5.54. The molecular formula is C30H41N3O6S2. The molecule has 0 aliphatic carbocycles. The predicted octanol–water partition coefficient (Wildman–Crippen LogP) is 6.07. The third kappa shape index (κ3) is 11.0. The van der Waals surface area contributed by atoms with E-state index < -0.39 is 33.4 Å². The molecule has 3 rings (SSSR count). The van der Waals surface area contributed by atoms with Crippen molar-refractivity contribution in [1.29, 1.82) is 0 Å². The number of benzene rings is 2. The lowest BCUT2D eigenvalue weighted by Crippen LogP contribution is -2.42. The Morgan fingerprint density at radius 2 is 1.54 bits per heavy atom. The highest BCUT2D eigenvalue weighted by atomic mass is 32.2. The van der Waals surface area contributed by atoms with Gasteiger partial charge in [0.25, 0.3) is 0 Å². The lowest BCUT2D eigenvalue weighted by Gasteiger charge is -2.27. The lowest BCUT2D eigenvalue weighted by atomic mass is 10.1. The Balaban J connectivity index is 1.53. The number of rotatable bonds is 11. The van der Waals surface area contributed by atoms with Gasteiger partial charge in [0.05, 0.1) is 4.90 Å². The fourth-order valence-electron chi connectivity index (χ4n) is 3.92. The minimum atomic E-state index is -3.73. The van der Waals surface area contributed by atoms with Crippen LogP contribution < -0.4 is 10.0 Å². The highest BCUT2D eigenvalue weighted by Crippen LogP contribution is 2.23. The number of sulfonamides is 1. The Morgan fingerprint density at radius 3 is 2.20 bits per heavy atom.